The molecular weight excluding hydrogens is 240 g/mol. The second-order valence-corrected chi connectivity index (χ2v) is 5.92. The molecule has 2 atom stereocenters. The van der Waals surface area contributed by atoms with Gasteiger partial charge in [0.05, 0.1) is 18.3 Å². The van der Waals surface area contributed by atoms with Crippen molar-refractivity contribution < 1.29 is 4.74 Å². The van der Waals surface area contributed by atoms with Gasteiger partial charge in [-0.1, -0.05) is 20.8 Å². The van der Waals surface area contributed by atoms with Crippen LogP contribution in [0.1, 0.15) is 40.2 Å². The summed E-state index contributed by atoms with van der Waals surface area (Å²) in [7, 11) is 0. The molecule has 0 bridgehead atoms. The van der Waals surface area contributed by atoms with E-state index in [1.165, 1.54) is 5.56 Å². The predicted molar refractivity (Wildman–Crippen MR) is 77.6 cm³/mol. The minimum atomic E-state index is 0.0355. The summed E-state index contributed by atoms with van der Waals surface area (Å²) < 4.78 is 7.82. The van der Waals surface area contributed by atoms with Crippen LogP contribution in [0, 0.1) is 5.41 Å². The van der Waals surface area contributed by atoms with Crippen LogP contribution >= 0.6 is 0 Å². The molecule has 1 heterocycles. The van der Waals surface area contributed by atoms with Crippen molar-refractivity contribution in [1.29, 1.82) is 0 Å². The molecule has 0 aromatic carbocycles. The lowest BCUT2D eigenvalue weighted by molar-refractivity contribution is -0.0356. The number of ether oxygens (including phenoxy) is 1. The van der Waals surface area contributed by atoms with Crippen LogP contribution in [0.4, 0.5) is 0 Å². The topological polar surface area (TPSA) is 65.1 Å². The van der Waals surface area contributed by atoms with Crippen molar-refractivity contribution in [3.05, 3.63) is 18.0 Å². The van der Waals surface area contributed by atoms with E-state index in [4.69, 9.17) is 10.6 Å². The van der Waals surface area contributed by atoms with Crippen molar-refractivity contribution in [2.24, 2.45) is 11.3 Å². The molecule has 19 heavy (non-hydrogen) atoms. The monoisotopic (exact) mass is 268 g/mol. The SMILES string of the molecule is CCOC(C(Cc1cnn(CC)c1)NN)C(C)(C)C. The van der Waals surface area contributed by atoms with Gasteiger partial charge in [-0.15, -0.1) is 0 Å². The van der Waals surface area contributed by atoms with E-state index in [1.54, 1.807) is 0 Å². The van der Waals surface area contributed by atoms with Crippen LogP contribution in [0.2, 0.25) is 0 Å². The fraction of sp³-hybridized carbons (Fsp3) is 0.786. The average Bonchev–Trinajstić information content (AvgIpc) is 2.80. The Balaban J connectivity index is 2.79. The normalized spacial score (nSPS) is 15.5. The molecular formula is C14H28N4O. The molecule has 0 aliphatic heterocycles. The van der Waals surface area contributed by atoms with Crippen LogP contribution < -0.4 is 11.3 Å². The number of hydrogen-bond donors (Lipinski definition) is 2. The smallest absolute Gasteiger partial charge is 0.0792 e. The summed E-state index contributed by atoms with van der Waals surface area (Å²) in [4.78, 5) is 0. The Morgan fingerprint density at radius 2 is 2.11 bits per heavy atom. The van der Waals surface area contributed by atoms with Gasteiger partial charge >= 0.3 is 0 Å². The van der Waals surface area contributed by atoms with Gasteiger partial charge in [-0.05, 0) is 31.2 Å². The highest BCUT2D eigenvalue weighted by atomic mass is 16.5. The molecule has 0 fully saturated rings. The first kappa shape index (κ1) is 16.1. The number of aryl methyl sites for hydroxylation is 1. The predicted octanol–water partition coefficient (Wildman–Crippen LogP) is 1.73. The average molecular weight is 268 g/mol. The number of nitrogens with two attached hydrogens (primary N) is 1. The molecule has 0 spiro atoms. The minimum absolute atomic E-state index is 0.0355. The summed E-state index contributed by atoms with van der Waals surface area (Å²) in [6.07, 6.45) is 4.85. The van der Waals surface area contributed by atoms with E-state index in [9.17, 15) is 0 Å². The molecule has 3 N–H and O–H groups in total. The van der Waals surface area contributed by atoms with Crippen LogP contribution in [0.15, 0.2) is 12.4 Å². The largest absolute Gasteiger partial charge is 0.376 e. The van der Waals surface area contributed by atoms with Gasteiger partial charge in [0.2, 0.25) is 0 Å². The van der Waals surface area contributed by atoms with Gasteiger partial charge in [-0.3, -0.25) is 16.0 Å². The van der Waals surface area contributed by atoms with E-state index in [2.05, 4.69) is 44.4 Å². The molecule has 1 aromatic heterocycles. The Kier molecular flexibility index (Phi) is 5.97. The van der Waals surface area contributed by atoms with Crippen LogP contribution in [-0.2, 0) is 17.7 Å². The molecule has 0 amide bonds. The highest BCUT2D eigenvalue weighted by Crippen LogP contribution is 2.26. The fourth-order valence-electron chi connectivity index (χ4n) is 2.34. The maximum absolute atomic E-state index is 5.90. The molecule has 0 radical (unpaired) electrons. The Bertz CT molecular complexity index is 370. The molecule has 0 saturated carbocycles. The molecule has 0 aliphatic rings. The van der Waals surface area contributed by atoms with E-state index >= 15 is 0 Å². The number of nitrogens with one attached hydrogen (secondary N) is 1. The number of hydrogen-bond acceptors (Lipinski definition) is 4. The molecule has 1 aromatic rings. The summed E-state index contributed by atoms with van der Waals surface area (Å²) in [6, 6.07) is 0.0782. The lowest BCUT2D eigenvalue weighted by Crippen LogP contribution is -2.52. The molecule has 5 nitrogen and oxygen atoms in total. The third-order valence-electron chi connectivity index (χ3n) is 3.25. The quantitative estimate of drug-likeness (QED) is 0.584. The van der Waals surface area contributed by atoms with Crippen LogP contribution in [0.3, 0.4) is 0 Å². The summed E-state index contributed by atoms with van der Waals surface area (Å²) >= 11 is 0. The summed E-state index contributed by atoms with van der Waals surface area (Å²) in [5.41, 5.74) is 4.12. The van der Waals surface area contributed by atoms with Crippen molar-refractivity contribution in [1.82, 2.24) is 15.2 Å². The van der Waals surface area contributed by atoms with Gasteiger partial charge in [-0.25, -0.2) is 0 Å². The first-order chi connectivity index (χ1) is 8.92. The zero-order valence-corrected chi connectivity index (χ0v) is 12.8. The van der Waals surface area contributed by atoms with E-state index in [-0.39, 0.29) is 17.6 Å². The molecule has 0 saturated heterocycles. The van der Waals surface area contributed by atoms with Crippen molar-refractivity contribution in [2.75, 3.05) is 6.61 Å². The van der Waals surface area contributed by atoms with E-state index < -0.39 is 0 Å². The van der Waals surface area contributed by atoms with Crippen LogP contribution in [0.5, 0.6) is 0 Å². The summed E-state index contributed by atoms with van der Waals surface area (Å²) in [5, 5.41) is 4.30. The summed E-state index contributed by atoms with van der Waals surface area (Å²) in [5.74, 6) is 5.73. The Morgan fingerprint density at radius 1 is 1.42 bits per heavy atom. The number of aromatic nitrogens is 2. The molecule has 5 heteroatoms. The molecule has 0 aliphatic carbocycles. The maximum atomic E-state index is 5.90. The maximum Gasteiger partial charge on any atom is 0.0792 e. The van der Waals surface area contributed by atoms with Gasteiger partial charge in [0.25, 0.3) is 0 Å². The lowest BCUT2D eigenvalue weighted by Gasteiger charge is -2.36. The molecule has 110 valence electrons. The Labute approximate surface area is 116 Å². The zero-order chi connectivity index (χ0) is 14.5. The standard InChI is InChI=1S/C14H28N4O/c1-6-18-10-11(9-16-18)8-12(17-15)13(19-7-2)14(3,4)5/h9-10,12-13,17H,6-8,15H2,1-5H3. The van der Waals surface area contributed by atoms with Gasteiger partial charge in [0.1, 0.15) is 0 Å². The Hall–Kier alpha value is -0.910. The third-order valence-corrected chi connectivity index (χ3v) is 3.25. The molecule has 1 rings (SSSR count). The van der Waals surface area contributed by atoms with Gasteiger partial charge in [0, 0.05) is 19.3 Å². The number of nitrogens with zero attached hydrogens (tertiary/aromatic N) is 2. The summed E-state index contributed by atoms with van der Waals surface area (Å²) in [6.45, 7) is 12.2. The van der Waals surface area contributed by atoms with Crippen molar-refractivity contribution in [3.8, 4) is 0 Å². The third kappa shape index (κ3) is 4.60. The van der Waals surface area contributed by atoms with E-state index in [1.807, 2.05) is 17.8 Å². The van der Waals surface area contributed by atoms with Gasteiger partial charge in [0.15, 0.2) is 0 Å². The minimum Gasteiger partial charge on any atom is -0.376 e. The molecule has 2 unspecified atom stereocenters. The highest BCUT2D eigenvalue weighted by Gasteiger charge is 2.32. The lowest BCUT2D eigenvalue weighted by atomic mass is 9.83. The van der Waals surface area contributed by atoms with Gasteiger partial charge in [-0.2, -0.15) is 5.10 Å². The zero-order valence-electron chi connectivity index (χ0n) is 12.8. The number of hydrazine groups is 1. The Morgan fingerprint density at radius 3 is 2.53 bits per heavy atom. The fourth-order valence-corrected chi connectivity index (χ4v) is 2.34. The van der Waals surface area contributed by atoms with Crippen LogP contribution in [0.25, 0.3) is 0 Å². The van der Waals surface area contributed by atoms with Crippen molar-refractivity contribution in [2.45, 2.75) is 59.7 Å². The first-order valence-electron chi connectivity index (χ1n) is 7.01. The van der Waals surface area contributed by atoms with Crippen LogP contribution in [-0.4, -0.2) is 28.5 Å². The second-order valence-electron chi connectivity index (χ2n) is 5.92. The second kappa shape index (κ2) is 7.03. The highest BCUT2D eigenvalue weighted by molar-refractivity contribution is 5.08. The van der Waals surface area contributed by atoms with E-state index in [0.717, 1.165) is 13.0 Å². The van der Waals surface area contributed by atoms with Crippen molar-refractivity contribution in [3.63, 3.8) is 0 Å². The van der Waals surface area contributed by atoms with Crippen molar-refractivity contribution >= 4 is 0 Å². The first-order valence-corrected chi connectivity index (χ1v) is 7.01. The number of rotatable bonds is 7. The van der Waals surface area contributed by atoms with Gasteiger partial charge < -0.3 is 4.74 Å². The van der Waals surface area contributed by atoms with E-state index in [0.29, 0.717) is 6.61 Å².